The zero-order chi connectivity index (χ0) is 13.9. The molecule has 0 aromatic heterocycles. The summed E-state index contributed by atoms with van der Waals surface area (Å²) in [6, 6.07) is 0. The molecular formula is C14H27BrOSi. The minimum Gasteiger partial charge on any atom is -0.400 e. The molecule has 0 aliphatic heterocycles. The molecule has 0 unspecified atom stereocenters. The van der Waals surface area contributed by atoms with E-state index in [-0.39, 0.29) is 5.60 Å². The summed E-state index contributed by atoms with van der Waals surface area (Å²) in [5, 5.41) is 0. The topological polar surface area (TPSA) is 9.23 Å². The fourth-order valence-electron chi connectivity index (χ4n) is 2.93. The zero-order valence-corrected chi connectivity index (χ0v) is 15.1. The summed E-state index contributed by atoms with van der Waals surface area (Å²) in [6.07, 6.45) is 0. The van der Waals surface area contributed by atoms with Crippen molar-refractivity contribution in [3.8, 4) is 10.8 Å². The van der Waals surface area contributed by atoms with E-state index < -0.39 is 8.32 Å². The van der Waals surface area contributed by atoms with E-state index >= 15 is 0 Å². The van der Waals surface area contributed by atoms with Crippen molar-refractivity contribution in [3.05, 3.63) is 0 Å². The van der Waals surface area contributed by atoms with Gasteiger partial charge in [0.05, 0.1) is 0 Å². The average Bonchev–Trinajstić information content (AvgIpc) is 2.12. The SMILES string of the molecule is CC(C)[Si](OC(C)(C)C#CBr)(C(C)C)C(C)C. The fourth-order valence-corrected chi connectivity index (χ4v) is 9.05. The molecule has 17 heavy (non-hydrogen) atoms. The monoisotopic (exact) mass is 318 g/mol. The highest BCUT2D eigenvalue weighted by molar-refractivity contribution is 9.12. The lowest BCUT2D eigenvalue weighted by molar-refractivity contribution is 0.144. The standard InChI is InChI=1S/C14H27BrOSi/c1-11(2)17(12(3)4,13(5)6)16-14(7,8)9-10-15/h11-13H,1-8H3. The second-order valence-corrected chi connectivity index (χ2v) is 11.9. The smallest absolute Gasteiger partial charge is 0.202 e. The molecule has 0 amide bonds. The molecule has 1 nitrogen and oxygen atoms in total. The fraction of sp³-hybridized carbons (Fsp3) is 0.857. The first-order valence-electron chi connectivity index (χ1n) is 6.43. The number of hydrogen-bond donors (Lipinski definition) is 0. The Balaban J connectivity index is 5.38. The van der Waals surface area contributed by atoms with E-state index in [9.17, 15) is 0 Å². The van der Waals surface area contributed by atoms with Crippen LogP contribution in [0.25, 0.3) is 0 Å². The Hall–Kier alpha value is 0.217. The minimum absolute atomic E-state index is 0.367. The van der Waals surface area contributed by atoms with Crippen LogP contribution in [0.2, 0.25) is 16.6 Å². The van der Waals surface area contributed by atoms with Crippen molar-refractivity contribution in [3.63, 3.8) is 0 Å². The van der Waals surface area contributed by atoms with Crippen LogP contribution in [-0.4, -0.2) is 13.9 Å². The van der Waals surface area contributed by atoms with Crippen molar-refractivity contribution in [2.45, 2.75) is 77.6 Å². The van der Waals surface area contributed by atoms with Gasteiger partial charge in [-0.05, 0) is 35.3 Å². The molecule has 0 radical (unpaired) electrons. The lowest BCUT2D eigenvalue weighted by Gasteiger charge is -2.46. The zero-order valence-electron chi connectivity index (χ0n) is 12.5. The largest absolute Gasteiger partial charge is 0.400 e. The normalized spacial score (nSPS) is 13.2. The summed E-state index contributed by atoms with van der Waals surface area (Å²) in [6.45, 7) is 17.9. The minimum atomic E-state index is -1.82. The summed E-state index contributed by atoms with van der Waals surface area (Å²) in [5.41, 5.74) is 1.42. The summed E-state index contributed by atoms with van der Waals surface area (Å²) in [5.74, 6) is 3.12. The van der Waals surface area contributed by atoms with Crippen LogP contribution in [-0.2, 0) is 4.43 Å². The molecule has 100 valence electrons. The molecule has 0 aliphatic rings. The summed E-state index contributed by atoms with van der Waals surface area (Å²) in [4.78, 5) is 2.81. The molecule has 0 fully saturated rings. The Kier molecular flexibility index (Phi) is 6.48. The molecule has 0 aromatic rings. The van der Waals surface area contributed by atoms with Crippen LogP contribution in [0.3, 0.4) is 0 Å². The molecule has 0 rings (SSSR count). The van der Waals surface area contributed by atoms with Gasteiger partial charge >= 0.3 is 0 Å². The lowest BCUT2D eigenvalue weighted by atomic mass is 10.2. The molecule has 0 heterocycles. The van der Waals surface area contributed by atoms with Crippen LogP contribution in [0.5, 0.6) is 0 Å². The highest BCUT2D eigenvalue weighted by Gasteiger charge is 2.47. The maximum Gasteiger partial charge on any atom is 0.202 e. The predicted octanol–water partition coefficient (Wildman–Crippen LogP) is 5.31. The maximum atomic E-state index is 6.59. The Morgan fingerprint density at radius 3 is 1.53 bits per heavy atom. The first kappa shape index (κ1) is 17.2. The van der Waals surface area contributed by atoms with Crippen LogP contribution < -0.4 is 0 Å². The van der Waals surface area contributed by atoms with Gasteiger partial charge in [0.2, 0.25) is 8.32 Å². The van der Waals surface area contributed by atoms with Crippen molar-refractivity contribution >= 4 is 24.2 Å². The van der Waals surface area contributed by atoms with Crippen molar-refractivity contribution in [2.24, 2.45) is 0 Å². The van der Waals surface area contributed by atoms with Gasteiger partial charge in [0.1, 0.15) is 5.60 Å². The molecule has 0 spiro atoms. The highest BCUT2D eigenvalue weighted by atomic mass is 79.9. The van der Waals surface area contributed by atoms with Gasteiger partial charge in [-0.15, -0.1) is 0 Å². The van der Waals surface area contributed by atoms with Gasteiger partial charge in [0, 0.05) is 15.9 Å². The molecule has 0 saturated heterocycles. The van der Waals surface area contributed by atoms with E-state index in [2.05, 4.69) is 82.1 Å². The summed E-state index contributed by atoms with van der Waals surface area (Å²) in [7, 11) is -1.82. The molecule has 0 bridgehead atoms. The number of halogens is 1. The van der Waals surface area contributed by atoms with Crippen LogP contribution in [0, 0.1) is 10.8 Å². The van der Waals surface area contributed by atoms with Crippen LogP contribution >= 0.6 is 15.9 Å². The van der Waals surface area contributed by atoms with Crippen molar-refractivity contribution in [1.29, 1.82) is 0 Å². The Morgan fingerprint density at radius 1 is 0.941 bits per heavy atom. The van der Waals surface area contributed by atoms with Gasteiger partial charge in [0.25, 0.3) is 0 Å². The first-order chi connectivity index (χ1) is 7.60. The van der Waals surface area contributed by atoms with Gasteiger partial charge in [-0.3, -0.25) is 0 Å². The number of hydrogen-bond acceptors (Lipinski definition) is 1. The molecule has 0 atom stereocenters. The Bertz CT molecular complexity index is 275. The number of rotatable bonds is 5. The lowest BCUT2D eigenvalue weighted by Crippen LogP contribution is -2.52. The average molecular weight is 319 g/mol. The predicted molar refractivity (Wildman–Crippen MR) is 82.9 cm³/mol. The maximum absolute atomic E-state index is 6.59. The molecule has 0 saturated carbocycles. The van der Waals surface area contributed by atoms with Crippen molar-refractivity contribution in [1.82, 2.24) is 0 Å². The van der Waals surface area contributed by atoms with E-state index in [1.54, 1.807) is 0 Å². The second kappa shape index (κ2) is 6.40. The third-order valence-electron chi connectivity index (χ3n) is 3.49. The van der Waals surface area contributed by atoms with Crippen LogP contribution in [0.1, 0.15) is 55.4 Å². The van der Waals surface area contributed by atoms with Crippen LogP contribution in [0.15, 0.2) is 0 Å². The van der Waals surface area contributed by atoms with Gasteiger partial charge in [-0.2, -0.15) is 0 Å². The van der Waals surface area contributed by atoms with Crippen molar-refractivity contribution in [2.75, 3.05) is 0 Å². The summed E-state index contributed by atoms with van der Waals surface area (Å²) < 4.78 is 6.59. The highest BCUT2D eigenvalue weighted by Crippen LogP contribution is 2.44. The van der Waals surface area contributed by atoms with Gasteiger partial charge in [-0.1, -0.05) is 47.5 Å². The Labute approximate surface area is 117 Å². The quantitative estimate of drug-likeness (QED) is 0.493. The van der Waals surface area contributed by atoms with Crippen molar-refractivity contribution < 1.29 is 4.43 Å². The molecule has 0 aromatic carbocycles. The molecular weight excluding hydrogens is 292 g/mol. The Morgan fingerprint density at radius 2 is 1.29 bits per heavy atom. The van der Waals surface area contributed by atoms with Gasteiger partial charge in [0.15, 0.2) is 0 Å². The molecule has 0 N–H and O–H groups in total. The van der Waals surface area contributed by atoms with Crippen LogP contribution in [0.4, 0.5) is 0 Å². The van der Waals surface area contributed by atoms with E-state index in [1.165, 1.54) is 0 Å². The first-order valence-corrected chi connectivity index (χ1v) is 9.36. The van der Waals surface area contributed by atoms with E-state index in [0.717, 1.165) is 0 Å². The van der Waals surface area contributed by atoms with E-state index in [4.69, 9.17) is 4.43 Å². The third-order valence-corrected chi connectivity index (χ3v) is 9.96. The van der Waals surface area contributed by atoms with Gasteiger partial charge < -0.3 is 4.43 Å². The molecule has 0 aliphatic carbocycles. The second-order valence-electron chi connectivity index (χ2n) is 6.15. The van der Waals surface area contributed by atoms with E-state index in [0.29, 0.717) is 16.6 Å². The summed E-state index contributed by atoms with van der Waals surface area (Å²) >= 11 is 3.18. The molecule has 3 heteroatoms. The van der Waals surface area contributed by atoms with Gasteiger partial charge in [-0.25, -0.2) is 0 Å². The third kappa shape index (κ3) is 4.12. The van der Waals surface area contributed by atoms with E-state index in [1.807, 2.05) is 0 Å².